The van der Waals surface area contributed by atoms with Gasteiger partial charge in [-0.3, -0.25) is 0 Å². The molecule has 0 aliphatic heterocycles. The first kappa shape index (κ1) is 24.8. The normalized spacial score (nSPS) is 17.2. The molecular formula is C31H32N2O4. The summed E-state index contributed by atoms with van der Waals surface area (Å²) in [6, 6.07) is 27.7. The van der Waals surface area contributed by atoms with E-state index in [1.165, 1.54) is 0 Å². The summed E-state index contributed by atoms with van der Waals surface area (Å²) in [5.41, 5.74) is 3.86. The molecule has 0 amide bonds. The molecule has 0 atom stereocenters. The molecule has 0 bridgehead atoms. The van der Waals surface area contributed by atoms with E-state index in [-0.39, 0.29) is 12.7 Å². The largest absolute Gasteiger partial charge is 0.474 e. The maximum atomic E-state index is 9.35. The van der Waals surface area contributed by atoms with Gasteiger partial charge in [-0.2, -0.15) is 4.98 Å². The number of hydrogen-bond donors (Lipinski definition) is 1. The van der Waals surface area contributed by atoms with Gasteiger partial charge in [0, 0.05) is 36.1 Å². The van der Waals surface area contributed by atoms with Gasteiger partial charge in [0.1, 0.15) is 19.3 Å². The minimum atomic E-state index is 0.147. The Morgan fingerprint density at radius 1 is 0.703 bits per heavy atom. The first-order valence-electron chi connectivity index (χ1n) is 12.9. The molecule has 2 heterocycles. The van der Waals surface area contributed by atoms with Crippen molar-refractivity contribution in [2.24, 2.45) is 5.92 Å². The maximum Gasteiger partial charge on any atom is 0.225 e. The minimum absolute atomic E-state index is 0.147. The molecule has 1 aliphatic carbocycles. The maximum absolute atomic E-state index is 9.35. The van der Waals surface area contributed by atoms with Crippen molar-refractivity contribution in [1.29, 1.82) is 0 Å². The van der Waals surface area contributed by atoms with E-state index in [1.54, 1.807) is 6.20 Å². The topological polar surface area (TPSA) is 73.7 Å². The molecule has 37 heavy (non-hydrogen) atoms. The van der Waals surface area contributed by atoms with Crippen molar-refractivity contribution in [1.82, 2.24) is 9.97 Å². The molecule has 1 fully saturated rings. The average Bonchev–Trinajstić information content (AvgIpc) is 2.97. The van der Waals surface area contributed by atoms with E-state index in [9.17, 15) is 5.11 Å². The number of ether oxygens (including phenoxy) is 3. The van der Waals surface area contributed by atoms with Gasteiger partial charge in [-0.15, -0.1) is 0 Å². The van der Waals surface area contributed by atoms with Crippen LogP contribution in [0.2, 0.25) is 0 Å². The second-order valence-corrected chi connectivity index (χ2v) is 9.38. The van der Waals surface area contributed by atoms with Crippen LogP contribution in [0.3, 0.4) is 0 Å². The van der Waals surface area contributed by atoms with Crippen LogP contribution in [0.5, 0.6) is 17.6 Å². The van der Waals surface area contributed by atoms with Gasteiger partial charge in [-0.1, -0.05) is 60.7 Å². The molecule has 1 aliphatic rings. The Labute approximate surface area is 217 Å². The zero-order valence-corrected chi connectivity index (χ0v) is 20.8. The van der Waals surface area contributed by atoms with Crippen molar-refractivity contribution in [2.45, 2.75) is 45.0 Å². The zero-order valence-electron chi connectivity index (χ0n) is 20.8. The molecular weight excluding hydrogens is 464 g/mol. The molecule has 190 valence electrons. The van der Waals surface area contributed by atoms with Crippen LogP contribution in [0, 0.1) is 5.92 Å². The van der Waals surface area contributed by atoms with Crippen molar-refractivity contribution < 1.29 is 19.3 Å². The molecule has 0 spiro atoms. The van der Waals surface area contributed by atoms with Crippen LogP contribution in [-0.2, 0) is 13.2 Å². The van der Waals surface area contributed by atoms with Crippen LogP contribution < -0.4 is 14.2 Å². The van der Waals surface area contributed by atoms with Gasteiger partial charge in [0.25, 0.3) is 0 Å². The van der Waals surface area contributed by atoms with Crippen LogP contribution in [0.15, 0.2) is 91.1 Å². The highest BCUT2D eigenvalue weighted by atomic mass is 16.5. The third-order valence-electron chi connectivity index (χ3n) is 6.67. The number of nitrogens with zero attached hydrogens (tertiary/aromatic N) is 2. The Balaban J connectivity index is 1.31. The Kier molecular flexibility index (Phi) is 8.28. The quantitative estimate of drug-likeness (QED) is 0.281. The molecule has 2 aromatic heterocycles. The second kappa shape index (κ2) is 12.4. The van der Waals surface area contributed by atoms with Gasteiger partial charge in [0.2, 0.25) is 17.6 Å². The Hall–Kier alpha value is -3.90. The molecule has 2 aromatic carbocycles. The standard InChI is InChI=1S/C31H32N2O4/c34-20-23-11-14-27(15-12-23)37-29-17-13-26(19-32-29)28-16-18-30(35-21-24-7-3-1-4-8-24)33-31(28)36-22-25-9-5-2-6-10-25/h1-10,13,16-19,23,27,34H,11-12,14-15,20-22H2. The summed E-state index contributed by atoms with van der Waals surface area (Å²) >= 11 is 0. The van der Waals surface area contributed by atoms with E-state index in [0.717, 1.165) is 47.9 Å². The number of rotatable bonds is 10. The summed E-state index contributed by atoms with van der Waals surface area (Å²) in [5, 5.41) is 9.35. The fourth-order valence-corrected chi connectivity index (χ4v) is 4.50. The molecule has 0 unspecified atom stereocenters. The van der Waals surface area contributed by atoms with Crippen LogP contribution >= 0.6 is 0 Å². The van der Waals surface area contributed by atoms with Crippen LogP contribution in [-0.4, -0.2) is 27.8 Å². The summed E-state index contributed by atoms with van der Waals surface area (Å²) < 4.78 is 18.2. The smallest absolute Gasteiger partial charge is 0.225 e. The minimum Gasteiger partial charge on any atom is -0.474 e. The lowest BCUT2D eigenvalue weighted by atomic mass is 9.88. The Bertz CT molecular complexity index is 1240. The van der Waals surface area contributed by atoms with E-state index in [1.807, 2.05) is 84.9 Å². The molecule has 4 aromatic rings. The summed E-state index contributed by atoms with van der Waals surface area (Å²) in [7, 11) is 0. The second-order valence-electron chi connectivity index (χ2n) is 9.38. The lowest BCUT2D eigenvalue weighted by Crippen LogP contribution is -2.25. The first-order valence-corrected chi connectivity index (χ1v) is 12.9. The van der Waals surface area contributed by atoms with Gasteiger partial charge in [0.05, 0.1) is 0 Å². The fourth-order valence-electron chi connectivity index (χ4n) is 4.50. The SMILES string of the molecule is OCC1CCC(Oc2ccc(-c3ccc(OCc4ccccc4)nc3OCc3ccccc3)cn2)CC1. The van der Waals surface area contributed by atoms with E-state index in [0.29, 0.717) is 36.8 Å². The van der Waals surface area contributed by atoms with E-state index in [2.05, 4.69) is 9.97 Å². The lowest BCUT2D eigenvalue weighted by Gasteiger charge is -2.27. The van der Waals surface area contributed by atoms with Crippen LogP contribution in [0.1, 0.15) is 36.8 Å². The van der Waals surface area contributed by atoms with Gasteiger partial charge in [-0.25, -0.2) is 4.98 Å². The van der Waals surface area contributed by atoms with Crippen LogP contribution in [0.4, 0.5) is 0 Å². The lowest BCUT2D eigenvalue weighted by molar-refractivity contribution is 0.101. The van der Waals surface area contributed by atoms with Crippen molar-refractivity contribution >= 4 is 0 Å². The predicted molar refractivity (Wildman–Crippen MR) is 142 cm³/mol. The van der Waals surface area contributed by atoms with Gasteiger partial charge in [0.15, 0.2) is 0 Å². The van der Waals surface area contributed by atoms with Crippen LogP contribution in [0.25, 0.3) is 11.1 Å². The Morgan fingerprint density at radius 2 is 1.35 bits per heavy atom. The number of aliphatic hydroxyl groups excluding tert-OH is 1. The number of pyridine rings is 2. The molecule has 5 rings (SSSR count). The van der Waals surface area contributed by atoms with Gasteiger partial charge >= 0.3 is 0 Å². The number of benzene rings is 2. The number of aliphatic hydroxyl groups is 1. The highest BCUT2D eigenvalue weighted by Crippen LogP contribution is 2.32. The van der Waals surface area contributed by atoms with E-state index < -0.39 is 0 Å². The average molecular weight is 497 g/mol. The van der Waals surface area contributed by atoms with Crippen molar-refractivity contribution in [3.05, 3.63) is 102 Å². The zero-order chi connectivity index (χ0) is 25.3. The fraction of sp³-hybridized carbons (Fsp3) is 0.290. The molecule has 6 heteroatoms. The molecule has 0 saturated heterocycles. The highest BCUT2D eigenvalue weighted by molar-refractivity contribution is 5.68. The number of aromatic nitrogens is 2. The molecule has 1 N–H and O–H groups in total. The summed E-state index contributed by atoms with van der Waals surface area (Å²) in [6.45, 7) is 1.09. The van der Waals surface area contributed by atoms with Crippen molar-refractivity contribution in [3.8, 4) is 28.8 Å². The van der Waals surface area contributed by atoms with Crippen molar-refractivity contribution in [3.63, 3.8) is 0 Å². The summed E-state index contributed by atoms with van der Waals surface area (Å²) in [4.78, 5) is 9.25. The third-order valence-corrected chi connectivity index (χ3v) is 6.67. The van der Waals surface area contributed by atoms with Gasteiger partial charge < -0.3 is 19.3 Å². The predicted octanol–water partition coefficient (Wildman–Crippen LogP) is 6.23. The summed E-state index contributed by atoms with van der Waals surface area (Å²) in [5.74, 6) is 2.00. The molecule has 1 saturated carbocycles. The molecule has 0 radical (unpaired) electrons. The molecule has 6 nitrogen and oxygen atoms in total. The van der Waals surface area contributed by atoms with E-state index in [4.69, 9.17) is 14.2 Å². The third kappa shape index (κ3) is 6.86. The van der Waals surface area contributed by atoms with E-state index >= 15 is 0 Å². The number of hydrogen-bond acceptors (Lipinski definition) is 6. The Morgan fingerprint density at radius 3 is 1.97 bits per heavy atom. The highest BCUT2D eigenvalue weighted by Gasteiger charge is 2.22. The summed E-state index contributed by atoms with van der Waals surface area (Å²) in [6.07, 6.45) is 5.82. The van der Waals surface area contributed by atoms with Gasteiger partial charge in [-0.05, 0) is 54.9 Å². The first-order chi connectivity index (χ1) is 18.3. The van der Waals surface area contributed by atoms with Crippen molar-refractivity contribution in [2.75, 3.05) is 6.61 Å². The monoisotopic (exact) mass is 496 g/mol.